The minimum atomic E-state index is -0.0751. The van der Waals surface area contributed by atoms with Crippen LogP contribution in [0.25, 0.3) is 0 Å². The van der Waals surface area contributed by atoms with Crippen molar-refractivity contribution < 1.29 is 4.79 Å². The van der Waals surface area contributed by atoms with E-state index in [4.69, 9.17) is 5.73 Å². The summed E-state index contributed by atoms with van der Waals surface area (Å²) in [5.41, 5.74) is 8.13. The van der Waals surface area contributed by atoms with Gasteiger partial charge in [0.05, 0.1) is 11.2 Å². The molecule has 0 aliphatic carbocycles. The van der Waals surface area contributed by atoms with Crippen LogP contribution in [-0.4, -0.2) is 23.5 Å². The number of aryl methyl sites for hydroxylation is 1. The summed E-state index contributed by atoms with van der Waals surface area (Å²) in [7, 11) is 0. The van der Waals surface area contributed by atoms with Gasteiger partial charge in [-0.25, -0.2) is 4.98 Å². The van der Waals surface area contributed by atoms with Crippen molar-refractivity contribution in [1.29, 1.82) is 0 Å². The molecule has 78 valence electrons. The number of aromatic nitrogens is 1. The molecule has 1 heterocycles. The smallest absolute Gasteiger partial charge is 0.263 e. The summed E-state index contributed by atoms with van der Waals surface area (Å²) < 4.78 is 0. The molecule has 1 rings (SSSR count). The van der Waals surface area contributed by atoms with Gasteiger partial charge < -0.3 is 11.1 Å². The number of amides is 1. The molecule has 0 bridgehead atoms. The van der Waals surface area contributed by atoms with E-state index in [-0.39, 0.29) is 11.9 Å². The predicted octanol–water partition coefficient (Wildman–Crippen LogP) is 0.919. The summed E-state index contributed by atoms with van der Waals surface area (Å²) >= 11 is 1.35. The molecule has 4 nitrogen and oxygen atoms in total. The molecule has 1 aromatic rings. The molecule has 1 aromatic heterocycles. The monoisotopic (exact) mass is 213 g/mol. The van der Waals surface area contributed by atoms with Gasteiger partial charge in [-0.15, -0.1) is 11.3 Å². The first-order chi connectivity index (χ1) is 6.65. The Bertz CT molecular complexity index is 311. The number of rotatable bonds is 4. The van der Waals surface area contributed by atoms with E-state index < -0.39 is 0 Å². The number of hydrogen-bond donors (Lipinski definition) is 2. The SMILES string of the molecule is CCC(N)CNC(=O)c1scnc1C. The van der Waals surface area contributed by atoms with Crippen LogP contribution in [0.2, 0.25) is 0 Å². The number of nitrogens with two attached hydrogens (primary N) is 1. The number of hydrogen-bond acceptors (Lipinski definition) is 4. The maximum Gasteiger partial charge on any atom is 0.263 e. The highest BCUT2D eigenvalue weighted by atomic mass is 32.1. The van der Waals surface area contributed by atoms with E-state index in [0.29, 0.717) is 11.4 Å². The first-order valence-corrected chi connectivity index (χ1v) is 5.47. The number of carbonyl (C=O) groups is 1. The van der Waals surface area contributed by atoms with Gasteiger partial charge in [0.25, 0.3) is 5.91 Å². The maximum absolute atomic E-state index is 11.6. The van der Waals surface area contributed by atoms with Crippen molar-refractivity contribution in [2.24, 2.45) is 5.73 Å². The lowest BCUT2D eigenvalue weighted by atomic mass is 10.2. The van der Waals surface area contributed by atoms with Crippen LogP contribution in [0, 0.1) is 6.92 Å². The molecule has 0 radical (unpaired) electrons. The summed E-state index contributed by atoms with van der Waals surface area (Å²) in [4.78, 5) is 16.2. The predicted molar refractivity (Wildman–Crippen MR) is 57.5 cm³/mol. The van der Waals surface area contributed by atoms with E-state index in [1.54, 1.807) is 5.51 Å². The first kappa shape index (κ1) is 11.1. The fourth-order valence-electron chi connectivity index (χ4n) is 0.968. The Morgan fingerprint density at radius 1 is 1.79 bits per heavy atom. The van der Waals surface area contributed by atoms with E-state index in [0.717, 1.165) is 12.1 Å². The largest absolute Gasteiger partial charge is 0.350 e. The summed E-state index contributed by atoms with van der Waals surface area (Å²) in [6.07, 6.45) is 0.863. The fraction of sp³-hybridized carbons (Fsp3) is 0.556. The van der Waals surface area contributed by atoms with Crippen molar-refractivity contribution in [3.05, 3.63) is 16.1 Å². The van der Waals surface area contributed by atoms with Crippen LogP contribution in [-0.2, 0) is 0 Å². The highest BCUT2D eigenvalue weighted by Crippen LogP contribution is 2.11. The topological polar surface area (TPSA) is 68.0 Å². The number of nitrogens with zero attached hydrogens (tertiary/aromatic N) is 1. The highest BCUT2D eigenvalue weighted by molar-refractivity contribution is 7.11. The molecule has 1 unspecified atom stereocenters. The van der Waals surface area contributed by atoms with Crippen molar-refractivity contribution in [2.75, 3.05) is 6.54 Å². The van der Waals surface area contributed by atoms with Crippen LogP contribution in [0.15, 0.2) is 5.51 Å². The molecule has 0 saturated heterocycles. The van der Waals surface area contributed by atoms with Crippen LogP contribution in [0.5, 0.6) is 0 Å². The lowest BCUT2D eigenvalue weighted by Gasteiger charge is -2.09. The molecule has 1 atom stereocenters. The third-order valence-electron chi connectivity index (χ3n) is 2.00. The number of carbonyl (C=O) groups excluding carboxylic acids is 1. The molecule has 0 aromatic carbocycles. The second-order valence-electron chi connectivity index (χ2n) is 3.15. The molecular formula is C9H15N3OS. The third kappa shape index (κ3) is 2.78. The normalized spacial score (nSPS) is 12.5. The molecule has 14 heavy (non-hydrogen) atoms. The summed E-state index contributed by atoms with van der Waals surface area (Å²) in [6, 6.07) is 0.0344. The minimum Gasteiger partial charge on any atom is -0.350 e. The van der Waals surface area contributed by atoms with Crippen molar-refractivity contribution >= 4 is 17.2 Å². The Balaban J connectivity index is 2.47. The molecule has 0 spiro atoms. The van der Waals surface area contributed by atoms with Gasteiger partial charge in [0.2, 0.25) is 0 Å². The second-order valence-corrected chi connectivity index (χ2v) is 4.00. The van der Waals surface area contributed by atoms with Crippen molar-refractivity contribution in [3.8, 4) is 0 Å². The van der Waals surface area contributed by atoms with E-state index >= 15 is 0 Å². The van der Waals surface area contributed by atoms with E-state index in [1.807, 2.05) is 13.8 Å². The Morgan fingerprint density at radius 2 is 2.50 bits per heavy atom. The van der Waals surface area contributed by atoms with Gasteiger partial charge in [0.15, 0.2) is 0 Å². The molecule has 1 amide bonds. The van der Waals surface area contributed by atoms with E-state index in [2.05, 4.69) is 10.3 Å². The van der Waals surface area contributed by atoms with Gasteiger partial charge in [0, 0.05) is 12.6 Å². The highest BCUT2D eigenvalue weighted by Gasteiger charge is 2.11. The van der Waals surface area contributed by atoms with Gasteiger partial charge in [-0.05, 0) is 13.3 Å². The van der Waals surface area contributed by atoms with Gasteiger partial charge in [0.1, 0.15) is 4.88 Å². The maximum atomic E-state index is 11.6. The van der Waals surface area contributed by atoms with Crippen molar-refractivity contribution in [1.82, 2.24) is 10.3 Å². The zero-order chi connectivity index (χ0) is 10.6. The average Bonchev–Trinajstić information content (AvgIpc) is 2.60. The van der Waals surface area contributed by atoms with Gasteiger partial charge in [-0.2, -0.15) is 0 Å². The minimum absolute atomic E-state index is 0.0344. The van der Waals surface area contributed by atoms with Crippen molar-refractivity contribution in [3.63, 3.8) is 0 Å². The molecular weight excluding hydrogens is 198 g/mol. The molecule has 0 aliphatic heterocycles. The van der Waals surface area contributed by atoms with Crippen LogP contribution in [0.3, 0.4) is 0 Å². The lowest BCUT2D eigenvalue weighted by molar-refractivity contribution is 0.0954. The van der Waals surface area contributed by atoms with Gasteiger partial charge in [-0.1, -0.05) is 6.92 Å². The van der Waals surface area contributed by atoms with Crippen LogP contribution in [0.1, 0.15) is 28.7 Å². The average molecular weight is 213 g/mol. The molecule has 0 fully saturated rings. The third-order valence-corrected chi connectivity index (χ3v) is 2.93. The first-order valence-electron chi connectivity index (χ1n) is 4.59. The molecule has 0 aliphatic rings. The Hall–Kier alpha value is -0.940. The zero-order valence-corrected chi connectivity index (χ0v) is 9.23. The summed E-state index contributed by atoms with van der Waals surface area (Å²) in [6.45, 7) is 4.34. The van der Waals surface area contributed by atoms with Crippen LogP contribution < -0.4 is 11.1 Å². The summed E-state index contributed by atoms with van der Waals surface area (Å²) in [5.74, 6) is -0.0751. The lowest BCUT2D eigenvalue weighted by Crippen LogP contribution is -2.36. The van der Waals surface area contributed by atoms with Gasteiger partial charge in [-0.3, -0.25) is 4.79 Å². The Morgan fingerprint density at radius 3 is 3.00 bits per heavy atom. The Kier molecular flexibility index (Phi) is 4.03. The quantitative estimate of drug-likeness (QED) is 0.781. The number of thiazole rings is 1. The second kappa shape index (κ2) is 5.07. The summed E-state index contributed by atoms with van der Waals surface area (Å²) in [5, 5.41) is 2.78. The van der Waals surface area contributed by atoms with Crippen molar-refractivity contribution in [2.45, 2.75) is 26.3 Å². The zero-order valence-electron chi connectivity index (χ0n) is 8.41. The molecule has 3 N–H and O–H groups in total. The van der Waals surface area contributed by atoms with E-state index in [9.17, 15) is 4.79 Å². The van der Waals surface area contributed by atoms with Crippen LogP contribution in [0.4, 0.5) is 0 Å². The van der Waals surface area contributed by atoms with E-state index in [1.165, 1.54) is 11.3 Å². The Labute approximate surface area is 87.5 Å². The molecule has 0 saturated carbocycles. The fourth-order valence-corrected chi connectivity index (χ4v) is 1.69. The standard InChI is InChI=1S/C9H15N3OS/c1-3-7(10)4-11-9(13)8-6(2)12-5-14-8/h5,7H,3-4,10H2,1-2H3,(H,11,13). The molecule has 5 heteroatoms. The number of nitrogens with one attached hydrogen (secondary N) is 1. The van der Waals surface area contributed by atoms with Gasteiger partial charge >= 0.3 is 0 Å². The van der Waals surface area contributed by atoms with Crippen LogP contribution >= 0.6 is 11.3 Å².